The molecule has 6 heteroatoms. The van der Waals surface area contributed by atoms with E-state index in [9.17, 15) is 9.59 Å². The number of amides is 1. The van der Waals surface area contributed by atoms with Crippen LogP contribution in [0.5, 0.6) is 0 Å². The molecule has 1 amide bonds. The van der Waals surface area contributed by atoms with Gasteiger partial charge in [-0.3, -0.25) is 4.79 Å². The van der Waals surface area contributed by atoms with Gasteiger partial charge in [-0.15, -0.1) is 0 Å². The molecule has 0 spiro atoms. The molecule has 20 heavy (non-hydrogen) atoms. The van der Waals surface area contributed by atoms with Crippen molar-refractivity contribution in [1.82, 2.24) is 9.88 Å². The molecule has 1 aromatic heterocycles. The highest BCUT2D eigenvalue weighted by atomic mass is 35.5. The summed E-state index contributed by atoms with van der Waals surface area (Å²) in [5.41, 5.74) is 0.873. The Labute approximate surface area is 121 Å². The van der Waals surface area contributed by atoms with Crippen LogP contribution in [0.4, 0.5) is 0 Å². The molecule has 0 saturated carbocycles. The topological polar surface area (TPSA) is 60.3 Å². The summed E-state index contributed by atoms with van der Waals surface area (Å²) in [7, 11) is 1.28. The van der Waals surface area contributed by atoms with E-state index >= 15 is 0 Å². The van der Waals surface area contributed by atoms with Crippen LogP contribution in [0.2, 0.25) is 5.02 Å². The summed E-state index contributed by atoms with van der Waals surface area (Å²) in [6.45, 7) is 1.69. The van der Waals surface area contributed by atoms with E-state index in [-0.39, 0.29) is 12.5 Å². The Kier molecular flexibility index (Phi) is 4.29. The number of carbonyl (C=O) groups is 2. The number of methoxy groups -OCH3 is 1. The molecular weight excluding hydrogens is 280 g/mol. The molecule has 1 aromatic carbocycles. The van der Waals surface area contributed by atoms with Crippen LogP contribution < -0.4 is 5.32 Å². The van der Waals surface area contributed by atoms with Gasteiger partial charge in [0.2, 0.25) is 5.91 Å². The molecule has 0 fully saturated rings. The molecule has 5 nitrogen and oxygen atoms in total. The van der Waals surface area contributed by atoms with Gasteiger partial charge in [0, 0.05) is 16.7 Å². The fourth-order valence-electron chi connectivity index (χ4n) is 1.97. The third kappa shape index (κ3) is 3.11. The number of carbonyl (C=O) groups excluding carboxylic acids is 2. The summed E-state index contributed by atoms with van der Waals surface area (Å²) in [4.78, 5) is 23.1. The molecule has 0 aliphatic rings. The van der Waals surface area contributed by atoms with E-state index in [0.717, 1.165) is 10.9 Å². The summed E-state index contributed by atoms with van der Waals surface area (Å²) in [6.07, 6.45) is 1.81. The number of fused-ring (bicyclic) bond motifs is 1. The van der Waals surface area contributed by atoms with Crippen molar-refractivity contribution in [1.29, 1.82) is 0 Å². The van der Waals surface area contributed by atoms with Crippen LogP contribution in [0.1, 0.15) is 6.92 Å². The number of benzene rings is 1. The summed E-state index contributed by atoms with van der Waals surface area (Å²) >= 11 is 5.95. The fourth-order valence-corrected chi connectivity index (χ4v) is 2.14. The van der Waals surface area contributed by atoms with E-state index in [1.807, 2.05) is 18.3 Å². The van der Waals surface area contributed by atoms with E-state index in [2.05, 4.69) is 10.1 Å². The molecule has 0 unspecified atom stereocenters. The highest BCUT2D eigenvalue weighted by molar-refractivity contribution is 6.31. The van der Waals surface area contributed by atoms with Crippen LogP contribution in [0.3, 0.4) is 0 Å². The molecule has 0 bridgehead atoms. The molecule has 2 aromatic rings. The molecule has 106 valence electrons. The standard InChI is InChI=1S/C14H15ClN2O3/c1-9(14(19)20-2)16-13(18)8-17-6-5-10-3-4-11(15)7-12(10)17/h3-7,9H,8H2,1-2H3,(H,16,18)/t9-/m0/s1. The molecule has 0 saturated heterocycles. The zero-order valence-corrected chi connectivity index (χ0v) is 12.0. The monoisotopic (exact) mass is 294 g/mol. The Bertz CT molecular complexity index is 651. The average Bonchev–Trinajstić information content (AvgIpc) is 2.80. The quantitative estimate of drug-likeness (QED) is 0.877. The Hall–Kier alpha value is -2.01. The first kappa shape index (κ1) is 14.4. The van der Waals surface area contributed by atoms with Gasteiger partial charge in [-0.2, -0.15) is 0 Å². The zero-order valence-electron chi connectivity index (χ0n) is 11.2. The molecule has 2 rings (SSSR count). The van der Waals surface area contributed by atoms with Gasteiger partial charge in [0.25, 0.3) is 0 Å². The Morgan fingerprint density at radius 1 is 1.40 bits per heavy atom. The molecule has 1 heterocycles. The molecule has 0 radical (unpaired) electrons. The van der Waals surface area contributed by atoms with E-state index < -0.39 is 12.0 Å². The predicted octanol–water partition coefficient (Wildman–Crippen LogP) is 1.97. The minimum absolute atomic E-state index is 0.116. The average molecular weight is 295 g/mol. The van der Waals surface area contributed by atoms with Crippen LogP contribution >= 0.6 is 11.6 Å². The molecule has 0 aliphatic carbocycles. The minimum Gasteiger partial charge on any atom is -0.467 e. The molecule has 1 atom stereocenters. The van der Waals surface area contributed by atoms with Gasteiger partial charge >= 0.3 is 5.97 Å². The number of esters is 1. The fraction of sp³-hybridized carbons (Fsp3) is 0.286. The largest absolute Gasteiger partial charge is 0.467 e. The summed E-state index contributed by atoms with van der Waals surface area (Å²) in [6, 6.07) is 6.73. The first-order valence-electron chi connectivity index (χ1n) is 6.13. The summed E-state index contributed by atoms with van der Waals surface area (Å²) in [5.74, 6) is -0.737. The lowest BCUT2D eigenvalue weighted by Gasteiger charge is -2.12. The Morgan fingerprint density at radius 2 is 2.15 bits per heavy atom. The second kappa shape index (κ2) is 5.96. The molecule has 1 N–H and O–H groups in total. The zero-order chi connectivity index (χ0) is 14.7. The van der Waals surface area contributed by atoms with Crippen molar-refractivity contribution in [3.8, 4) is 0 Å². The van der Waals surface area contributed by atoms with Crippen molar-refractivity contribution < 1.29 is 14.3 Å². The van der Waals surface area contributed by atoms with E-state index in [0.29, 0.717) is 5.02 Å². The number of aromatic nitrogens is 1. The smallest absolute Gasteiger partial charge is 0.328 e. The van der Waals surface area contributed by atoms with Crippen molar-refractivity contribution in [2.45, 2.75) is 19.5 Å². The lowest BCUT2D eigenvalue weighted by Crippen LogP contribution is -2.40. The first-order valence-corrected chi connectivity index (χ1v) is 6.50. The number of rotatable bonds is 4. The molecule has 0 aliphatic heterocycles. The lowest BCUT2D eigenvalue weighted by atomic mass is 10.2. The van der Waals surface area contributed by atoms with Crippen molar-refractivity contribution in [2.24, 2.45) is 0 Å². The number of hydrogen-bond acceptors (Lipinski definition) is 3. The second-order valence-electron chi connectivity index (χ2n) is 4.46. The Balaban J connectivity index is 2.10. The Morgan fingerprint density at radius 3 is 2.85 bits per heavy atom. The number of ether oxygens (including phenoxy) is 1. The maximum Gasteiger partial charge on any atom is 0.328 e. The van der Waals surface area contributed by atoms with E-state index in [4.69, 9.17) is 11.6 Å². The van der Waals surface area contributed by atoms with Crippen molar-refractivity contribution in [3.63, 3.8) is 0 Å². The van der Waals surface area contributed by atoms with Crippen molar-refractivity contribution >= 4 is 34.4 Å². The first-order chi connectivity index (χ1) is 9.51. The highest BCUT2D eigenvalue weighted by Gasteiger charge is 2.16. The normalized spacial score (nSPS) is 12.2. The van der Waals surface area contributed by atoms with Gasteiger partial charge in [-0.25, -0.2) is 4.79 Å². The van der Waals surface area contributed by atoms with Crippen LogP contribution in [0.25, 0.3) is 10.9 Å². The van der Waals surface area contributed by atoms with Crippen LogP contribution in [0.15, 0.2) is 30.5 Å². The molecular formula is C14H15ClN2O3. The van der Waals surface area contributed by atoms with E-state index in [1.54, 1.807) is 23.6 Å². The third-order valence-corrected chi connectivity index (χ3v) is 3.22. The summed E-state index contributed by atoms with van der Waals surface area (Å²) < 4.78 is 6.33. The maximum atomic E-state index is 11.9. The van der Waals surface area contributed by atoms with Crippen molar-refractivity contribution in [3.05, 3.63) is 35.5 Å². The number of halogens is 1. The van der Waals surface area contributed by atoms with Gasteiger partial charge < -0.3 is 14.6 Å². The lowest BCUT2D eigenvalue weighted by molar-refractivity contribution is -0.144. The maximum absolute atomic E-state index is 11.9. The van der Waals surface area contributed by atoms with Crippen LogP contribution in [-0.2, 0) is 20.9 Å². The van der Waals surface area contributed by atoms with Gasteiger partial charge in [-0.05, 0) is 30.5 Å². The van der Waals surface area contributed by atoms with Gasteiger partial charge in [0.1, 0.15) is 12.6 Å². The van der Waals surface area contributed by atoms with Crippen LogP contribution in [-0.4, -0.2) is 29.6 Å². The number of nitrogens with one attached hydrogen (secondary N) is 1. The predicted molar refractivity (Wildman–Crippen MR) is 76.6 cm³/mol. The SMILES string of the molecule is COC(=O)[C@H](C)NC(=O)Cn1ccc2ccc(Cl)cc21. The van der Waals surface area contributed by atoms with E-state index in [1.165, 1.54) is 7.11 Å². The van der Waals surface area contributed by atoms with Gasteiger partial charge in [0.15, 0.2) is 0 Å². The highest BCUT2D eigenvalue weighted by Crippen LogP contribution is 2.20. The number of hydrogen-bond donors (Lipinski definition) is 1. The van der Waals surface area contributed by atoms with Crippen molar-refractivity contribution in [2.75, 3.05) is 7.11 Å². The van der Waals surface area contributed by atoms with Gasteiger partial charge in [-0.1, -0.05) is 17.7 Å². The number of nitrogens with zero attached hydrogens (tertiary/aromatic N) is 1. The third-order valence-electron chi connectivity index (χ3n) is 2.98. The second-order valence-corrected chi connectivity index (χ2v) is 4.90. The van der Waals surface area contributed by atoms with Gasteiger partial charge in [0.05, 0.1) is 7.11 Å². The minimum atomic E-state index is -0.669. The van der Waals surface area contributed by atoms with Crippen LogP contribution in [0, 0.1) is 0 Å². The summed E-state index contributed by atoms with van der Waals surface area (Å²) in [5, 5.41) is 4.20.